The van der Waals surface area contributed by atoms with E-state index in [9.17, 15) is 14.7 Å². The summed E-state index contributed by atoms with van der Waals surface area (Å²) in [5.74, 6) is 0.0771. The van der Waals surface area contributed by atoms with E-state index in [1.165, 1.54) is 25.5 Å². The third-order valence-corrected chi connectivity index (χ3v) is 5.07. The second kappa shape index (κ2) is 7.97. The Morgan fingerprint density at radius 3 is 2.55 bits per heavy atom. The largest absolute Gasteiger partial charge is 0.507 e. The molecule has 150 valence electrons. The van der Waals surface area contributed by atoms with Crippen LogP contribution in [0, 0.1) is 0 Å². The number of methoxy groups -OCH3 is 1. The highest BCUT2D eigenvalue weighted by Crippen LogP contribution is 2.30. The molecule has 0 atom stereocenters. The Morgan fingerprint density at radius 1 is 1.14 bits per heavy atom. The number of carbonyl (C=O) groups excluding carboxylic acids is 1. The van der Waals surface area contributed by atoms with Gasteiger partial charge in [0, 0.05) is 6.54 Å². The number of rotatable bonds is 5. The van der Waals surface area contributed by atoms with Crippen molar-refractivity contribution in [2.75, 3.05) is 20.2 Å². The summed E-state index contributed by atoms with van der Waals surface area (Å²) in [5.41, 5.74) is 1.03. The second-order valence-electron chi connectivity index (χ2n) is 6.97. The van der Waals surface area contributed by atoms with Gasteiger partial charge < -0.3 is 19.0 Å². The van der Waals surface area contributed by atoms with Crippen molar-refractivity contribution in [2.45, 2.75) is 19.4 Å². The topological polar surface area (TPSA) is 89.2 Å². The molecule has 2 aromatic carbocycles. The van der Waals surface area contributed by atoms with Crippen molar-refractivity contribution in [2.24, 2.45) is 0 Å². The number of hydrogen-bond donors (Lipinski definition) is 1. The normalized spacial score (nSPS) is 14.2. The van der Waals surface area contributed by atoms with Crippen LogP contribution in [0.3, 0.4) is 0 Å². The predicted molar refractivity (Wildman–Crippen MR) is 107 cm³/mol. The van der Waals surface area contributed by atoms with Crippen molar-refractivity contribution in [3.8, 4) is 17.2 Å². The molecule has 1 fully saturated rings. The quantitative estimate of drug-likeness (QED) is 0.659. The molecular formula is C22H21NO6. The van der Waals surface area contributed by atoms with E-state index >= 15 is 0 Å². The van der Waals surface area contributed by atoms with Crippen LogP contribution in [-0.4, -0.2) is 36.2 Å². The van der Waals surface area contributed by atoms with Crippen LogP contribution in [0.4, 0.5) is 0 Å². The number of likely N-dealkylation sites (tertiary alicyclic amines) is 1. The minimum absolute atomic E-state index is 0.0288. The minimum atomic E-state index is -0.452. The van der Waals surface area contributed by atoms with E-state index in [4.69, 9.17) is 9.15 Å². The van der Waals surface area contributed by atoms with Crippen LogP contribution in [0.1, 0.15) is 28.8 Å². The highest BCUT2D eigenvalue weighted by molar-refractivity contribution is 5.89. The Hall–Kier alpha value is -3.32. The number of hydrogen-bond acceptors (Lipinski definition) is 7. The number of aromatic hydroxyl groups is 1. The van der Waals surface area contributed by atoms with Crippen molar-refractivity contribution in [1.82, 2.24) is 4.90 Å². The van der Waals surface area contributed by atoms with Gasteiger partial charge >= 0.3 is 5.97 Å². The SMILES string of the molecule is COC(=O)c1ccc(Oc2coc3c(CN4CCCC4)c(O)ccc3c2=O)cc1. The van der Waals surface area contributed by atoms with E-state index in [2.05, 4.69) is 9.64 Å². The molecule has 0 amide bonds. The van der Waals surface area contributed by atoms with Crippen LogP contribution in [0.5, 0.6) is 17.2 Å². The maximum Gasteiger partial charge on any atom is 0.337 e. The highest BCUT2D eigenvalue weighted by Gasteiger charge is 2.19. The number of nitrogens with zero attached hydrogens (tertiary/aromatic N) is 1. The van der Waals surface area contributed by atoms with Crippen LogP contribution in [0.2, 0.25) is 0 Å². The fourth-order valence-electron chi connectivity index (χ4n) is 3.52. The smallest absolute Gasteiger partial charge is 0.337 e. The van der Waals surface area contributed by atoms with E-state index in [1.807, 2.05) is 0 Å². The van der Waals surface area contributed by atoms with Crippen LogP contribution >= 0.6 is 0 Å². The molecule has 29 heavy (non-hydrogen) atoms. The van der Waals surface area contributed by atoms with E-state index in [1.54, 1.807) is 24.3 Å². The fourth-order valence-corrected chi connectivity index (χ4v) is 3.52. The molecule has 7 nitrogen and oxygen atoms in total. The van der Waals surface area contributed by atoms with Gasteiger partial charge in [-0.05, 0) is 62.3 Å². The first-order chi connectivity index (χ1) is 14.1. The lowest BCUT2D eigenvalue weighted by Gasteiger charge is -2.16. The van der Waals surface area contributed by atoms with Crippen molar-refractivity contribution < 1.29 is 23.8 Å². The molecule has 1 N–H and O–H groups in total. The number of benzene rings is 2. The summed E-state index contributed by atoms with van der Waals surface area (Å²) in [6.07, 6.45) is 3.51. The van der Waals surface area contributed by atoms with E-state index in [-0.39, 0.29) is 16.9 Å². The van der Waals surface area contributed by atoms with E-state index < -0.39 is 5.97 Å². The fraction of sp³-hybridized carbons (Fsp3) is 0.273. The summed E-state index contributed by atoms with van der Waals surface area (Å²) >= 11 is 0. The average Bonchev–Trinajstić information content (AvgIpc) is 3.25. The molecule has 0 radical (unpaired) electrons. The molecule has 1 aliphatic heterocycles. The molecule has 1 aromatic heterocycles. The monoisotopic (exact) mass is 395 g/mol. The van der Waals surface area contributed by atoms with Crippen LogP contribution in [0.25, 0.3) is 11.0 Å². The average molecular weight is 395 g/mol. The minimum Gasteiger partial charge on any atom is -0.507 e. The zero-order valence-electron chi connectivity index (χ0n) is 16.0. The summed E-state index contributed by atoms with van der Waals surface area (Å²) in [5, 5.41) is 10.6. The first-order valence-corrected chi connectivity index (χ1v) is 9.42. The lowest BCUT2D eigenvalue weighted by atomic mass is 10.1. The van der Waals surface area contributed by atoms with Crippen molar-refractivity contribution in [3.05, 3.63) is 64.0 Å². The summed E-state index contributed by atoms with van der Waals surface area (Å²) < 4.78 is 16.0. The number of ether oxygens (including phenoxy) is 2. The molecule has 0 unspecified atom stereocenters. The number of phenolic OH excluding ortho intramolecular Hbond substituents is 1. The number of phenols is 1. The van der Waals surface area contributed by atoms with Gasteiger partial charge in [-0.3, -0.25) is 9.69 Å². The zero-order chi connectivity index (χ0) is 20.4. The zero-order valence-corrected chi connectivity index (χ0v) is 16.0. The highest BCUT2D eigenvalue weighted by atomic mass is 16.5. The molecule has 0 saturated carbocycles. The van der Waals surface area contributed by atoms with Gasteiger partial charge in [-0.1, -0.05) is 0 Å². The lowest BCUT2D eigenvalue weighted by molar-refractivity contribution is 0.0600. The molecule has 4 rings (SSSR count). The van der Waals surface area contributed by atoms with Gasteiger partial charge in [0.2, 0.25) is 11.2 Å². The number of carbonyl (C=O) groups is 1. The van der Waals surface area contributed by atoms with Gasteiger partial charge in [0.25, 0.3) is 0 Å². The molecule has 0 aliphatic carbocycles. The number of esters is 1. The molecule has 3 aromatic rings. The van der Waals surface area contributed by atoms with Crippen molar-refractivity contribution in [3.63, 3.8) is 0 Å². The molecule has 7 heteroatoms. The van der Waals surface area contributed by atoms with Crippen LogP contribution in [-0.2, 0) is 11.3 Å². The van der Waals surface area contributed by atoms with Crippen LogP contribution in [0.15, 0.2) is 51.9 Å². The summed E-state index contributed by atoms with van der Waals surface area (Å²) in [6, 6.07) is 9.31. The van der Waals surface area contributed by atoms with Gasteiger partial charge in [0.05, 0.1) is 23.6 Å². The third kappa shape index (κ3) is 3.82. The van der Waals surface area contributed by atoms with Crippen molar-refractivity contribution in [1.29, 1.82) is 0 Å². The Kier molecular flexibility index (Phi) is 5.22. The third-order valence-electron chi connectivity index (χ3n) is 5.07. The Bertz CT molecular complexity index is 1100. The summed E-state index contributed by atoms with van der Waals surface area (Å²) in [7, 11) is 1.31. The molecule has 1 aliphatic rings. The van der Waals surface area contributed by atoms with Gasteiger partial charge in [-0.25, -0.2) is 4.79 Å². The van der Waals surface area contributed by atoms with E-state index in [0.29, 0.717) is 34.4 Å². The molecule has 2 heterocycles. The first-order valence-electron chi connectivity index (χ1n) is 9.42. The first kappa shape index (κ1) is 19.0. The molecule has 0 bridgehead atoms. The Morgan fingerprint density at radius 2 is 1.86 bits per heavy atom. The maximum atomic E-state index is 12.9. The number of fused-ring (bicyclic) bond motifs is 1. The maximum absolute atomic E-state index is 12.9. The van der Waals surface area contributed by atoms with E-state index in [0.717, 1.165) is 25.9 Å². The molecular weight excluding hydrogens is 374 g/mol. The van der Waals surface area contributed by atoms with Crippen LogP contribution < -0.4 is 10.2 Å². The Balaban J connectivity index is 1.65. The summed E-state index contributed by atoms with van der Waals surface area (Å²) in [4.78, 5) is 26.6. The van der Waals surface area contributed by atoms with Gasteiger partial charge in [0.15, 0.2) is 0 Å². The molecule has 0 spiro atoms. The summed E-state index contributed by atoms with van der Waals surface area (Å²) in [6.45, 7) is 2.45. The Labute approximate surface area is 167 Å². The molecule has 1 saturated heterocycles. The standard InChI is InChI=1S/C22H21NO6/c1-27-22(26)14-4-6-15(7-5-14)29-19-13-28-21-16(20(19)25)8-9-18(24)17(21)12-23-10-2-3-11-23/h4-9,13,24H,2-3,10-12H2,1H3. The van der Waals surface area contributed by atoms with Crippen molar-refractivity contribution >= 4 is 16.9 Å². The van der Waals surface area contributed by atoms with Gasteiger partial charge in [-0.2, -0.15) is 0 Å². The predicted octanol–water partition coefficient (Wildman–Crippen LogP) is 3.67. The second-order valence-corrected chi connectivity index (χ2v) is 6.97. The van der Waals surface area contributed by atoms with Gasteiger partial charge in [-0.15, -0.1) is 0 Å². The van der Waals surface area contributed by atoms with Gasteiger partial charge in [0.1, 0.15) is 23.3 Å². The lowest BCUT2D eigenvalue weighted by Crippen LogP contribution is -2.19.